The van der Waals surface area contributed by atoms with E-state index in [2.05, 4.69) is 5.32 Å². The lowest BCUT2D eigenvalue weighted by molar-refractivity contribution is -0.122. The number of hydrogen-bond donors (Lipinski definition) is 1. The maximum atomic E-state index is 13.2. The molecule has 1 fully saturated rings. The van der Waals surface area contributed by atoms with Crippen LogP contribution in [0.15, 0.2) is 48.0 Å². The number of para-hydroxylation sites is 1. The monoisotopic (exact) mass is 386 g/mol. The van der Waals surface area contributed by atoms with Gasteiger partial charge in [0, 0.05) is 5.56 Å². The quantitative estimate of drug-likeness (QED) is 0.497. The van der Waals surface area contributed by atoms with Crippen molar-refractivity contribution < 1.29 is 23.5 Å². The van der Waals surface area contributed by atoms with E-state index >= 15 is 0 Å². The highest BCUT2D eigenvalue weighted by Gasteiger charge is 2.34. The smallest absolute Gasteiger partial charge is 0.270 e. The number of methoxy groups -OCH3 is 2. The molecular weight excluding hydrogens is 371 g/mol. The molecule has 0 spiro atoms. The van der Waals surface area contributed by atoms with Crippen LogP contribution in [0.4, 0.5) is 10.1 Å². The van der Waals surface area contributed by atoms with Crippen LogP contribution in [-0.2, 0) is 9.59 Å². The lowest BCUT2D eigenvalue weighted by Gasteiger charge is -2.29. The molecule has 138 valence electrons. The van der Waals surface area contributed by atoms with Crippen LogP contribution in [0.25, 0.3) is 6.08 Å². The third-order valence-electron chi connectivity index (χ3n) is 3.92. The normalized spacial score (nSPS) is 15.7. The molecule has 0 aliphatic carbocycles. The SMILES string of the molecule is COc1cccc(C=C2C(=O)NC(=S)N(c3ccc(F)cc3)C2=O)c1OC. The van der Waals surface area contributed by atoms with Crippen molar-refractivity contribution in [1.29, 1.82) is 0 Å². The Morgan fingerprint density at radius 1 is 1.07 bits per heavy atom. The van der Waals surface area contributed by atoms with Gasteiger partial charge in [0.05, 0.1) is 19.9 Å². The molecule has 0 saturated carbocycles. The number of benzene rings is 2. The van der Waals surface area contributed by atoms with Gasteiger partial charge < -0.3 is 9.47 Å². The van der Waals surface area contributed by atoms with E-state index in [9.17, 15) is 14.0 Å². The minimum Gasteiger partial charge on any atom is -0.493 e. The van der Waals surface area contributed by atoms with Crippen molar-refractivity contribution in [2.24, 2.45) is 0 Å². The number of anilines is 1. The van der Waals surface area contributed by atoms with Gasteiger partial charge in [-0.3, -0.25) is 19.8 Å². The minimum absolute atomic E-state index is 0.0774. The molecule has 1 N–H and O–H groups in total. The van der Waals surface area contributed by atoms with Gasteiger partial charge in [-0.1, -0.05) is 12.1 Å². The van der Waals surface area contributed by atoms with E-state index in [0.29, 0.717) is 22.7 Å². The van der Waals surface area contributed by atoms with Gasteiger partial charge in [-0.05, 0) is 48.6 Å². The highest BCUT2D eigenvalue weighted by atomic mass is 32.1. The lowest BCUT2D eigenvalue weighted by atomic mass is 10.1. The van der Waals surface area contributed by atoms with Gasteiger partial charge in [-0.15, -0.1) is 0 Å². The number of thiocarbonyl (C=S) groups is 1. The van der Waals surface area contributed by atoms with Gasteiger partial charge in [0.15, 0.2) is 16.6 Å². The van der Waals surface area contributed by atoms with Gasteiger partial charge in [-0.25, -0.2) is 4.39 Å². The standard InChI is InChI=1S/C19H15FN2O4S/c1-25-15-5-3-4-11(16(15)26-2)10-14-17(23)21-19(27)22(18(14)24)13-8-6-12(20)7-9-13/h3-10H,1-2H3,(H,21,23,27). The van der Waals surface area contributed by atoms with Crippen molar-refractivity contribution in [1.82, 2.24) is 5.32 Å². The van der Waals surface area contributed by atoms with Crippen LogP contribution in [0, 0.1) is 5.82 Å². The van der Waals surface area contributed by atoms with E-state index in [1.54, 1.807) is 18.2 Å². The molecular formula is C19H15FN2O4S. The minimum atomic E-state index is -0.631. The number of nitrogens with one attached hydrogen (secondary N) is 1. The van der Waals surface area contributed by atoms with E-state index in [4.69, 9.17) is 21.7 Å². The Kier molecular flexibility index (Phi) is 5.18. The summed E-state index contributed by atoms with van der Waals surface area (Å²) < 4.78 is 23.7. The van der Waals surface area contributed by atoms with Crippen LogP contribution >= 0.6 is 12.2 Å². The summed E-state index contributed by atoms with van der Waals surface area (Å²) in [5.74, 6) is -0.862. The van der Waals surface area contributed by atoms with Crippen LogP contribution in [0.1, 0.15) is 5.56 Å². The highest BCUT2D eigenvalue weighted by Crippen LogP contribution is 2.33. The second-order valence-electron chi connectivity index (χ2n) is 5.52. The molecule has 0 atom stereocenters. The summed E-state index contributed by atoms with van der Waals surface area (Å²) in [7, 11) is 2.95. The van der Waals surface area contributed by atoms with E-state index < -0.39 is 17.6 Å². The number of hydrogen-bond acceptors (Lipinski definition) is 5. The number of amides is 2. The molecule has 2 amide bonds. The molecule has 1 aliphatic heterocycles. The molecule has 3 rings (SSSR count). The van der Waals surface area contributed by atoms with Crippen molar-refractivity contribution in [3.8, 4) is 11.5 Å². The molecule has 27 heavy (non-hydrogen) atoms. The molecule has 2 aromatic carbocycles. The first-order chi connectivity index (χ1) is 13.0. The zero-order chi connectivity index (χ0) is 19.6. The van der Waals surface area contributed by atoms with Crippen molar-refractivity contribution in [2.45, 2.75) is 0 Å². The number of carbonyl (C=O) groups excluding carboxylic acids is 2. The van der Waals surface area contributed by atoms with E-state index in [-0.39, 0.29) is 10.7 Å². The maximum Gasteiger partial charge on any atom is 0.270 e. The summed E-state index contributed by atoms with van der Waals surface area (Å²) in [5.41, 5.74) is 0.691. The summed E-state index contributed by atoms with van der Waals surface area (Å²) in [6.07, 6.45) is 1.40. The van der Waals surface area contributed by atoms with Crippen LogP contribution in [0.5, 0.6) is 11.5 Å². The Balaban J connectivity index is 2.06. The molecule has 6 nitrogen and oxygen atoms in total. The predicted octanol–water partition coefficient (Wildman–Crippen LogP) is 2.67. The topological polar surface area (TPSA) is 67.9 Å². The predicted molar refractivity (Wildman–Crippen MR) is 102 cm³/mol. The molecule has 0 radical (unpaired) electrons. The van der Waals surface area contributed by atoms with Crippen molar-refractivity contribution in [3.63, 3.8) is 0 Å². The molecule has 0 aromatic heterocycles. The first-order valence-electron chi connectivity index (χ1n) is 7.84. The third kappa shape index (κ3) is 3.52. The van der Waals surface area contributed by atoms with Crippen LogP contribution in [-0.4, -0.2) is 31.1 Å². The molecule has 0 unspecified atom stereocenters. The largest absolute Gasteiger partial charge is 0.493 e. The number of nitrogens with zero attached hydrogens (tertiary/aromatic N) is 1. The van der Waals surface area contributed by atoms with Crippen molar-refractivity contribution in [3.05, 3.63) is 59.4 Å². The Hall–Kier alpha value is -3.26. The van der Waals surface area contributed by atoms with E-state index in [1.807, 2.05) is 0 Å². The molecule has 1 aliphatic rings. The molecule has 1 heterocycles. The highest BCUT2D eigenvalue weighted by molar-refractivity contribution is 7.80. The van der Waals surface area contributed by atoms with Gasteiger partial charge in [0.25, 0.3) is 11.8 Å². The summed E-state index contributed by atoms with van der Waals surface area (Å²) in [6.45, 7) is 0. The Labute approximate surface area is 160 Å². The fraction of sp³-hybridized carbons (Fsp3) is 0.105. The Morgan fingerprint density at radius 2 is 1.78 bits per heavy atom. The summed E-state index contributed by atoms with van der Waals surface area (Å²) in [4.78, 5) is 26.4. The number of ether oxygens (including phenoxy) is 2. The van der Waals surface area contributed by atoms with Gasteiger partial charge in [0.2, 0.25) is 0 Å². The second-order valence-corrected chi connectivity index (χ2v) is 5.90. The first kappa shape index (κ1) is 18.5. The van der Waals surface area contributed by atoms with Gasteiger partial charge >= 0.3 is 0 Å². The van der Waals surface area contributed by atoms with Crippen LogP contribution in [0.3, 0.4) is 0 Å². The van der Waals surface area contributed by atoms with Crippen molar-refractivity contribution >= 4 is 40.9 Å². The Morgan fingerprint density at radius 3 is 2.41 bits per heavy atom. The molecule has 1 saturated heterocycles. The van der Waals surface area contributed by atoms with Crippen LogP contribution < -0.4 is 19.7 Å². The molecule has 0 bridgehead atoms. The molecule has 2 aromatic rings. The first-order valence-corrected chi connectivity index (χ1v) is 8.25. The molecule has 8 heteroatoms. The van der Waals surface area contributed by atoms with Gasteiger partial charge in [0.1, 0.15) is 11.4 Å². The summed E-state index contributed by atoms with van der Waals surface area (Å²) >= 11 is 5.11. The third-order valence-corrected chi connectivity index (χ3v) is 4.20. The maximum absolute atomic E-state index is 13.2. The van der Waals surface area contributed by atoms with E-state index in [1.165, 1.54) is 44.6 Å². The van der Waals surface area contributed by atoms with E-state index in [0.717, 1.165) is 4.90 Å². The second kappa shape index (κ2) is 7.55. The summed E-state index contributed by atoms with van der Waals surface area (Å²) in [6, 6.07) is 10.3. The lowest BCUT2D eigenvalue weighted by Crippen LogP contribution is -2.54. The van der Waals surface area contributed by atoms with Gasteiger partial charge in [-0.2, -0.15) is 0 Å². The number of carbonyl (C=O) groups is 2. The average Bonchev–Trinajstić information content (AvgIpc) is 2.66. The number of halogens is 1. The van der Waals surface area contributed by atoms with Crippen molar-refractivity contribution in [2.75, 3.05) is 19.1 Å². The summed E-state index contributed by atoms with van der Waals surface area (Å²) in [5, 5.41) is 2.40. The fourth-order valence-electron chi connectivity index (χ4n) is 2.66. The zero-order valence-corrected chi connectivity index (χ0v) is 15.3. The Bertz CT molecular complexity index is 957. The van der Waals surface area contributed by atoms with Crippen LogP contribution in [0.2, 0.25) is 0 Å². The average molecular weight is 386 g/mol. The zero-order valence-electron chi connectivity index (χ0n) is 14.5. The number of rotatable bonds is 4. The fourth-order valence-corrected chi connectivity index (χ4v) is 2.94.